The van der Waals surface area contributed by atoms with Crippen LogP contribution in [0.1, 0.15) is 98.0 Å². The normalized spacial score (nSPS) is 30.6. The quantitative estimate of drug-likeness (QED) is 0.0852. The summed E-state index contributed by atoms with van der Waals surface area (Å²) in [6.07, 6.45) is 6.32. The van der Waals surface area contributed by atoms with Gasteiger partial charge in [0.15, 0.2) is 0 Å². The zero-order valence-electron chi connectivity index (χ0n) is 29.6. The Morgan fingerprint density at radius 2 is 1.70 bits per heavy atom. The third kappa shape index (κ3) is 10.8. The molecule has 2 bridgehead atoms. The lowest BCUT2D eigenvalue weighted by molar-refractivity contribution is -0.193. The lowest BCUT2D eigenvalue weighted by atomic mass is 9.47. The molecule has 0 aliphatic heterocycles. The Bertz CT molecular complexity index is 1170. The van der Waals surface area contributed by atoms with Gasteiger partial charge in [0.05, 0.1) is 18.3 Å². The summed E-state index contributed by atoms with van der Waals surface area (Å²) in [5.74, 6) is 0.390. The van der Waals surface area contributed by atoms with Crippen LogP contribution in [-0.2, 0) is 25.5 Å². The molecule has 1 aromatic rings. The number of ether oxygens (including phenoxy) is 1. The number of aliphatic hydroxyl groups excluding tert-OH is 1. The highest BCUT2D eigenvalue weighted by Crippen LogP contribution is 2.62. The van der Waals surface area contributed by atoms with Crippen LogP contribution in [0.25, 0.3) is 0 Å². The largest absolute Gasteiger partial charge is 0.461 e. The monoisotopic (exact) mass is 674 g/mol. The van der Waals surface area contributed by atoms with E-state index >= 15 is 0 Å². The molecule has 2 fully saturated rings. The summed E-state index contributed by atoms with van der Waals surface area (Å²) in [4.78, 5) is 38.9. The summed E-state index contributed by atoms with van der Waals surface area (Å²) in [6.45, 7) is 13.9. The van der Waals surface area contributed by atoms with Crippen molar-refractivity contribution >= 4 is 29.4 Å². The molecule has 0 unspecified atom stereocenters. The first-order valence-electron chi connectivity index (χ1n) is 17.7. The van der Waals surface area contributed by atoms with Gasteiger partial charge in [-0.1, -0.05) is 39.8 Å². The Labute approximate surface area is 287 Å². The number of fused-ring (bicyclic) bond motifs is 2. The van der Waals surface area contributed by atoms with Gasteiger partial charge in [-0.15, -0.1) is 11.8 Å². The molecule has 47 heavy (non-hydrogen) atoms. The predicted octanol–water partition coefficient (Wildman–Crippen LogP) is 4.62. The predicted molar refractivity (Wildman–Crippen MR) is 190 cm³/mol. The Balaban J connectivity index is 1.78. The molecule has 1 amide bonds. The third-order valence-corrected chi connectivity index (χ3v) is 12.5. The highest BCUT2D eigenvalue weighted by molar-refractivity contribution is 8.00. The van der Waals surface area contributed by atoms with Crippen molar-refractivity contribution in [3.63, 3.8) is 0 Å². The third-order valence-electron chi connectivity index (χ3n) is 11.5. The molecule has 10 heteroatoms. The highest BCUT2D eigenvalue weighted by atomic mass is 32.2. The van der Waals surface area contributed by atoms with Gasteiger partial charge in [-0.25, -0.2) is 0 Å². The Morgan fingerprint density at radius 3 is 2.36 bits per heavy atom. The first-order valence-corrected chi connectivity index (χ1v) is 18.7. The van der Waals surface area contributed by atoms with E-state index in [1.165, 1.54) is 11.8 Å². The van der Waals surface area contributed by atoms with E-state index in [0.717, 1.165) is 68.5 Å². The molecular formula is C37H62N4O5S. The van der Waals surface area contributed by atoms with Crippen molar-refractivity contribution in [3.05, 3.63) is 29.8 Å². The van der Waals surface area contributed by atoms with E-state index < -0.39 is 11.5 Å². The molecule has 7 N–H and O–H groups in total. The zero-order valence-corrected chi connectivity index (χ0v) is 30.4. The Morgan fingerprint density at radius 1 is 1.02 bits per heavy atom. The van der Waals surface area contributed by atoms with Crippen molar-refractivity contribution < 1.29 is 24.2 Å². The molecule has 7 atom stereocenters. The van der Waals surface area contributed by atoms with Gasteiger partial charge < -0.3 is 36.7 Å². The van der Waals surface area contributed by atoms with Crippen molar-refractivity contribution in [1.29, 1.82) is 0 Å². The fraction of sp³-hybridized carbons (Fsp3) is 0.757. The minimum absolute atomic E-state index is 0.00918. The molecule has 2 aliphatic rings. The smallest absolute Gasteiger partial charge is 0.316 e. The molecule has 9 nitrogen and oxygen atoms in total. The van der Waals surface area contributed by atoms with E-state index in [9.17, 15) is 19.5 Å². The number of amides is 1. The first kappa shape index (κ1) is 39.5. The van der Waals surface area contributed by atoms with Gasteiger partial charge in [-0.3, -0.25) is 9.59 Å². The second-order valence-corrected chi connectivity index (χ2v) is 16.0. The lowest BCUT2D eigenvalue weighted by Gasteiger charge is -2.60. The van der Waals surface area contributed by atoms with Crippen LogP contribution in [0.15, 0.2) is 29.2 Å². The van der Waals surface area contributed by atoms with E-state index in [1.807, 2.05) is 24.3 Å². The first-order chi connectivity index (χ1) is 22.3. The second kappa shape index (κ2) is 18.1. The molecule has 1 aromatic carbocycles. The summed E-state index contributed by atoms with van der Waals surface area (Å²) < 4.78 is 6.49. The number of carbonyl (C=O) groups excluding carboxylic acids is 3. The van der Waals surface area contributed by atoms with E-state index in [1.54, 1.807) is 6.92 Å². The Kier molecular flexibility index (Phi) is 15.2. The SMILES string of the molecule is CC(=O)CC[C@]12CC[C@@H](C)[C@](C)(C1)[C@H](OC(=O)CSc1ccc(CC(=O)NCCCN)cc1)C[C@](C)(CCNCCCN)[C@@H](O)[C@@H]2C. The average molecular weight is 675 g/mol. The van der Waals surface area contributed by atoms with Crippen LogP contribution in [0.2, 0.25) is 0 Å². The molecular weight excluding hydrogens is 612 g/mol. The number of ketones is 1. The van der Waals surface area contributed by atoms with Gasteiger partial charge in [-0.05, 0) is 125 Å². The van der Waals surface area contributed by atoms with Crippen molar-refractivity contribution in [2.75, 3.05) is 38.5 Å². The van der Waals surface area contributed by atoms with Gasteiger partial charge in [0.2, 0.25) is 5.91 Å². The van der Waals surface area contributed by atoms with Crippen LogP contribution in [0.5, 0.6) is 0 Å². The number of thioether (sulfide) groups is 1. The van der Waals surface area contributed by atoms with Gasteiger partial charge in [0.25, 0.3) is 0 Å². The number of nitrogens with one attached hydrogen (secondary N) is 2. The molecule has 0 saturated heterocycles. The molecule has 0 spiro atoms. The fourth-order valence-corrected chi connectivity index (χ4v) is 8.71. The van der Waals surface area contributed by atoms with Crippen molar-refractivity contribution in [2.24, 2.45) is 39.5 Å². The highest BCUT2D eigenvalue weighted by Gasteiger charge is 2.59. The number of carbonyl (C=O) groups is 3. The van der Waals surface area contributed by atoms with E-state index in [-0.39, 0.29) is 46.3 Å². The van der Waals surface area contributed by atoms with Crippen LogP contribution >= 0.6 is 11.8 Å². The van der Waals surface area contributed by atoms with E-state index in [2.05, 4.69) is 38.3 Å². The maximum Gasteiger partial charge on any atom is 0.316 e. The molecule has 266 valence electrons. The van der Waals surface area contributed by atoms with Gasteiger partial charge in [0, 0.05) is 23.3 Å². The zero-order chi connectivity index (χ0) is 34.7. The summed E-state index contributed by atoms with van der Waals surface area (Å²) in [5, 5.41) is 18.5. The standard InChI is InChI=1S/C37H62N4O5S/c1-26-12-14-37(15-13-27(2)42)25-36(26,5)31(23-35(4,34(45)28(37)3)16-21-40-19-6-17-38)46-33(44)24-47-30-10-8-29(9-11-30)22-32(43)41-20-7-18-39/h8-11,26,28,31,34,40,45H,6-7,12-25,38-39H2,1-5H3,(H,41,43)/t26-,28+,31-,34+,35+,36+,37-/m1/s1. The molecule has 0 heterocycles. The van der Waals surface area contributed by atoms with E-state index in [4.69, 9.17) is 16.2 Å². The number of benzene rings is 1. The van der Waals surface area contributed by atoms with Gasteiger partial charge in [-0.2, -0.15) is 0 Å². The van der Waals surface area contributed by atoms with Gasteiger partial charge in [0.1, 0.15) is 11.9 Å². The number of hydrogen-bond acceptors (Lipinski definition) is 9. The number of rotatable bonds is 18. The van der Waals surface area contributed by atoms with E-state index in [0.29, 0.717) is 44.8 Å². The maximum absolute atomic E-state index is 13.6. The number of esters is 1. The molecule has 2 aliphatic carbocycles. The average Bonchev–Trinajstić information content (AvgIpc) is 3.03. The Hall–Kier alpha value is -1.98. The number of hydrogen-bond donors (Lipinski definition) is 5. The van der Waals surface area contributed by atoms with Crippen molar-refractivity contribution in [3.8, 4) is 0 Å². The topological polar surface area (TPSA) is 157 Å². The van der Waals surface area contributed by atoms with Crippen molar-refractivity contribution in [1.82, 2.24) is 10.6 Å². The second-order valence-electron chi connectivity index (χ2n) is 15.0. The van der Waals surface area contributed by atoms with Crippen LogP contribution in [0, 0.1) is 28.1 Å². The lowest BCUT2D eigenvalue weighted by Crippen LogP contribution is -2.59. The summed E-state index contributed by atoms with van der Waals surface area (Å²) in [6, 6.07) is 7.73. The minimum atomic E-state index is -0.597. The summed E-state index contributed by atoms with van der Waals surface area (Å²) >= 11 is 1.43. The van der Waals surface area contributed by atoms with Crippen molar-refractivity contribution in [2.45, 2.75) is 116 Å². The minimum Gasteiger partial charge on any atom is -0.461 e. The van der Waals surface area contributed by atoms with Crippen LogP contribution in [0.4, 0.5) is 0 Å². The van der Waals surface area contributed by atoms with Crippen LogP contribution < -0.4 is 22.1 Å². The molecule has 0 radical (unpaired) electrons. The fourth-order valence-electron chi connectivity index (χ4n) is 8.03. The van der Waals surface area contributed by atoms with Crippen LogP contribution in [-0.4, -0.2) is 73.5 Å². The van der Waals surface area contributed by atoms with Crippen LogP contribution in [0.3, 0.4) is 0 Å². The molecule has 2 saturated carbocycles. The summed E-state index contributed by atoms with van der Waals surface area (Å²) in [7, 11) is 0. The molecule has 0 aromatic heterocycles. The maximum atomic E-state index is 13.6. The summed E-state index contributed by atoms with van der Waals surface area (Å²) in [5.41, 5.74) is 11.1. The number of Topliss-reactive ketones (excluding diaryl/α,β-unsaturated/α-hetero) is 1. The molecule has 3 rings (SSSR count). The number of aliphatic hydroxyl groups is 1. The number of nitrogens with two attached hydrogens (primary N) is 2. The van der Waals surface area contributed by atoms with Gasteiger partial charge >= 0.3 is 5.97 Å².